The van der Waals surface area contributed by atoms with Gasteiger partial charge in [0, 0.05) is 11.5 Å². The molecule has 0 spiro atoms. The molecule has 4 unspecified atom stereocenters. The summed E-state index contributed by atoms with van der Waals surface area (Å²) in [4.78, 5) is 21.5. The molecule has 10 heteroatoms. The molecule has 2 aromatic carbocycles. The van der Waals surface area contributed by atoms with E-state index in [0.29, 0.717) is 41.6 Å². The summed E-state index contributed by atoms with van der Waals surface area (Å²) in [6.45, 7) is 1.19. The summed E-state index contributed by atoms with van der Waals surface area (Å²) in [5.74, 6) is -2.17. The van der Waals surface area contributed by atoms with Crippen LogP contribution < -0.4 is 11.1 Å². The first-order chi connectivity index (χ1) is 17.2. The molecule has 6 N–H and O–H groups in total. The number of rotatable bonds is 6. The van der Waals surface area contributed by atoms with Gasteiger partial charge in [0.05, 0.1) is 42.3 Å². The van der Waals surface area contributed by atoms with Crippen molar-refractivity contribution in [2.24, 2.45) is 0 Å². The van der Waals surface area contributed by atoms with E-state index in [1.165, 1.54) is 30.5 Å². The van der Waals surface area contributed by atoms with E-state index < -0.39 is 42.4 Å². The molecule has 1 heterocycles. The van der Waals surface area contributed by atoms with E-state index in [0.717, 1.165) is 6.07 Å². The molecule has 0 aliphatic heterocycles. The second-order valence-corrected chi connectivity index (χ2v) is 9.14. The van der Waals surface area contributed by atoms with Crippen LogP contribution in [0.3, 0.4) is 0 Å². The van der Waals surface area contributed by atoms with E-state index in [-0.39, 0.29) is 23.0 Å². The highest BCUT2D eigenvalue weighted by atomic mass is 19.1. The number of carbonyl (C=O) groups excluding carboxylic acids is 1. The van der Waals surface area contributed by atoms with Crippen molar-refractivity contribution in [2.45, 2.75) is 50.4 Å². The van der Waals surface area contributed by atoms with Gasteiger partial charge in [-0.15, -0.1) is 0 Å². The molecular weight excluding hydrogens is 470 g/mol. The van der Waals surface area contributed by atoms with Gasteiger partial charge in [-0.1, -0.05) is 12.1 Å². The molecule has 4 atom stereocenters. The molecule has 1 aromatic heterocycles. The number of carbonyl (C=O) groups is 1. The van der Waals surface area contributed by atoms with E-state index >= 15 is 4.39 Å². The molecule has 4 rings (SSSR count). The number of aromatic nitrogens is 2. The number of anilines is 1. The van der Waals surface area contributed by atoms with Crippen molar-refractivity contribution in [1.82, 2.24) is 15.3 Å². The lowest BCUT2D eigenvalue weighted by Crippen LogP contribution is -2.33. The minimum atomic E-state index is -0.923. The third-order valence-corrected chi connectivity index (χ3v) is 6.46. The maximum Gasteiger partial charge on any atom is 0.254 e. The normalized spacial score (nSPS) is 20.7. The average Bonchev–Trinajstić information content (AvgIpc) is 2.83. The highest BCUT2D eigenvalue weighted by Crippen LogP contribution is 2.34. The number of aliphatic hydroxyl groups excluding tert-OH is 3. The van der Waals surface area contributed by atoms with Crippen molar-refractivity contribution < 1.29 is 28.9 Å². The van der Waals surface area contributed by atoms with Crippen LogP contribution in [-0.2, 0) is 0 Å². The largest absolute Gasteiger partial charge is 0.394 e. The van der Waals surface area contributed by atoms with Crippen LogP contribution in [0.4, 0.5) is 14.6 Å². The highest BCUT2D eigenvalue weighted by Gasteiger charge is 2.30. The Hall–Kier alpha value is -3.47. The summed E-state index contributed by atoms with van der Waals surface area (Å²) < 4.78 is 28.8. The van der Waals surface area contributed by atoms with Crippen LogP contribution in [0.2, 0.25) is 0 Å². The quantitative estimate of drug-likeness (QED) is 0.352. The number of aryl methyl sites for hydroxylation is 1. The Morgan fingerprint density at radius 2 is 1.94 bits per heavy atom. The fourth-order valence-electron chi connectivity index (χ4n) is 4.50. The Morgan fingerprint density at radius 3 is 2.61 bits per heavy atom. The van der Waals surface area contributed by atoms with Crippen molar-refractivity contribution >= 4 is 11.7 Å². The fourth-order valence-corrected chi connectivity index (χ4v) is 4.50. The summed E-state index contributed by atoms with van der Waals surface area (Å²) in [6, 6.07) is 7.12. The summed E-state index contributed by atoms with van der Waals surface area (Å²) in [5, 5.41) is 32.0. The zero-order valence-electron chi connectivity index (χ0n) is 19.7. The first-order valence-electron chi connectivity index (χ1n) is 11.6. The van der Waals surface area contributed by atoms with Gasteiger partial charge in [-0.25, -0.2) is 18.7 Å². The van der Waals surface area contributed by atoms with Crippen molar-refractivity contribution in [2.75, 3.05) is 12.3 Å². The van der Waals surface area contributed by atoms with Crippen LogP contribution >= 0.6 is 0 Å². The SMILES string of the molecule is Cc1cc(F)cc(C(CO)NC(=O)c2ccc(-c3nc(C4CCC(O)C(O)C4)cnc3N)cc2F)c1. The lowest BCUT2D eigenvalue weighted by atomic mass is 9.83. The number of nitrogens with two attached hydrogens (primary N) is 1. The molecule has 1 amide bonds. The van der Waals surface area contributed by atoms with Gasteiger partial charge in [-0.3, -0.25) is 4.79 Å². The van der Waals surface area contributed by atoms with Crippen molar-refractivity contribution in [3.8, 4) is 11.3 Å². The number of nitrogens with zero attached hydrogens (tertiary/aromatic N) is 2. The molecule has 0 bridgehead atoms. The summed E-state index contributed by atoms with van der Waals surface area (Å²) in [6.07, 6.45) is 1.24. The Kier molecular flexibility index (Phi) is 7.58. The van der Waals surface area contributed by atoms with Crippen molar-refractivity contribution in [1.29, 1.82) is 0 Å². The van der Waals surface area contributed by atoms with Gasteiger partial charge in [0.15, 0.2) is 0 Å². The second-order valence-electron chi connectivity index (χ2n) is 9.14. The number of hydrogen-bond acceptors (Lipinski definition) is 7. The predicted octanol–water partition coefficient (Wildman–Crippen LogP) is 2.77. The first kappa shape index (κ1) is 25.6. The molecule has 1 aliphatic rings. The van der Waals surface area contributed by atoms with E-state index in [1.807, 2.05) is 0 Å². The Bertz CT molecular complexity index is 1250. The van der Waals surface area contributed by atoms with Crippen molar-refractivity contribution in [3.05, 3.63) is 76.6 Å². The van der Waals surface area contributed by atoms with Gasteiger partial charge in [0.1, 0.15) is 23.1 Å². The second kappa shape index (κ2) is 10.7. The van der Waals surface area contributed by atoms with Crippen molar-refractivity contribution in [3.63, 3.8) is 0 Å². The molecule has 1 saturated carbocycles. The Morgan fingerprint density at radius 1 is 1.17 bits per heavy atom. The lowest BCUT2D eigenvalue weighted by molar-refractivity contribution is -0.0153. The predicted molar refractivity (Wildman–Crippen MR) is 129 cm³/mol. The molecule has 1 fully saturated rings. The molecule has 3 aromatic rings. The minimum Gasteiger partial charge on any atom is -0.394 e. The maximum absolute atomic E-state index is 15.0. The molecule has 36 heavy (non-hydrogen) atoms. The number of aliphatic hydroxyl groups is 3. The first-order valence-corrected chi connectivity index (χ1v) is 11.6. The third kappa shape index (κ3) is 5.51. The summed E-state index contributed by atoms with van der Waals surface area (Å²) in [7, 11) is 0. The Labute approximate surface area is 206 Å². The highest BCUT2D eigenvalue weighted by molar-refractivity contribution is 5.95. The number of halogens is 2. The van der Waals surface area contributed by atoms with Gasteiger partial charge in [0.25, 0.3) is 5.91 Å². The number of amides is 1. The zero-order valence-corrected chi connectivity index (χ0v) is 19.7. The third-order valence-electron chi connectivity index (χ3n) is 6.46. The molecule has 0 radical (unpaired) electrons. The number of hydrogen-bond donors (Lipinski definition) is 5. The molecule has 0 saturated heterocycles. The van der Waals surface area contributed by atoms with Crippen LogP contribution in [0.15, 0.2) is 42.6 Å². The average molecular weight is 499 g/mol. The molecule has 190 valence electrons. The van der Waals surface area contributed by atoms with Crippen LogP contribution in [0.25, 0.3) is 11.3 Å². The van der Waals surface area contributed by atoms with Gasteiger partial charge in [0.2, 0.25) is 0 Å². The van der Waals surface area contributed by atoms with Crippen LogP contribution in [0.5, 0.6) is 0 Å². The summed E-state index contributed by atoms with van der Waals surface area (Å²) in [5.41, 5.74) is 7.83. The molecule has 8 nitrogen and oxygen atoms in total. The monoisotopic (exact) mass is 498 g/mol. The van der Waals surface area contributed by atoms with Crippen LogP contribution in [-0.4, -0.2) is 50.0 Å². The van der Waals surface area contributed by atoms with Crippen LogP contribution in [0.1, 0.15) is 58.4 Å². The Balaban J connectivity index is 1.56. The van der Waals surface area contributed by atoms with E-state index in [4.69, 9.17) is 5.73 Å². The maximum atomic E-state index is 15.0. The standard InChI is InChI=1S/C26H28F2N4O4/c1-13-6-16(8-17(27)7-13)21(12-33)32-26(36)18-4-2-15(9-19(18)28)24-25(29)30-11-20(31-24)14-3-5-22(34)23(35)10-14/h2,4,6-9,11,14,21-23,33-35H,3,5,10,12H2,1H3,(H2,29,30)(H,32,36). The number of nitrogen functional groups attached to an aromatic ring is 1. The van der Waals surface area contributed by atoms with E-state index in [2.05, 4.69) is 15.3 Å². The lowest BCUT2D eigenvalue weighted by Gasteiger charge is -2.29. The van der Waals surface area contributed by atoms with Gasteiger partial charge < -0.3 is 26.4 Å². The van der Waals surface area contributed by atoms with E-state index in [9.17, 15) is 24.5 Å². The molecular formula is C26H28F2N4O4. The van der Waals surface area contributed by atoms with E-state index in [1.54, 1.807) is 13.0 Å². The minimum absolute atomic E-state index is 0.0774. The van der Waals surface area contributed by atoms with Gasteiger partial charge >= 0.3 is 0 Å². The van der Waals surface area contributed by atoms with Gasteiger partial charge in [-0.05, 0) is 61.6 Å². The number of benzene rings is 2. The summed E-state index contributed by atoms with van der Waals surface area (Å²) >= 11 is 0. The zero-order chi connectivity index (χ0) is 26.0. The fraction of sp³-hybridized carbons (Fsp3) is 0.346. The number of nitrogens with one attached hydrogen (secondary N) is 1. The molecule has 1 aliphatic carbocycles. The smallest absolute Gasteiger partial charge is 0.254 e. The van der Waals surface area contributed by atoms with Crippen LogP contribution in [0, 0.1) is 18.6 Å². The van der Waals surface area contributed by atoms with Gasteiger partial charge in [-0.2, -0.15) is 0 Å². The topological polar surface area (TPSA) is 142 Å².